The molecule has 2 atom stereocenters. The number of rotatable bonds is 5. The molecule has 2 unspecified atom stereocenters. The summed E-state index contributed by atoms with van der Waals surface area (Å²) in [6.07, 6.45) is 7.56. The number of aryl methyl sites for hydroxylation is 2. The summed E-state index contributed by atoms with van der Waals surface area (Å²) in [5.41, 5.74) is 0.894. The van der Waals surface area contributed by atoms with Crippen LogP contribution in [0.15, 0.2) is 6.07 Å². The molecule has 5 rings (SSSR count). The topological polar surface area (TPSA) is 73.2 Å². The standard InChI is InChI=1S/C19H26BrN3O3/c1-12-3-15(23(2)22-12)21-16(24)10-26-17(25)9-18-5-13-4-14(6-18)8-19(20,7-13)11-18/h3,13-14H,4-11H2,1-2H3,(H,21,24). The monoisotopic (exact) mass is 423 g/mol. The van der Waals surface area contributed by atoms with E-state index in [9.17, 15) is 9.59 Å². The average Bonchev–Trinajstić information content (AvgIpc) is 2.79. The van der Waals surface area contributed by atoms with Gasteiger partial charge in [-0.1, -0.05) is 15.9 Å². The van der Waals surface area contributed by atoms with Gasteiger partial charge in [0.2, 0.25) is 0 Å². The minimum atomic E-state index is -0.330. The fraction of sp³-hybridized carbons (Fsp3) is 0.737. The van der Waals surface area contributed by atoms with Crippen molar-refractivity contribution < 1.29 is 14.3 Å². The van der Waals surface area contributed by atoms with Crippen LogP contribution < -0.4 is 5.32 Å². The maximum Gasteiger partial charge on any atom is 0.306 e. The Kier molecular flexibility index (Phi) is 4.40. The highest BCUT2D eigenvalue weighted by Gasteiger charge is 2.57. The SMILES string of the molecule is Cc1cc(NC(=O)COC(=O)CC23CC4CC(CC(Br)(C4)C2)C3)n(C)n1. The molecule has 26 heavy (non-hydrogen) atoms. The molecule has 1 amide bonds. The molecule has 1 N–H and O–H groups in total. The number of ether oxygens (including phenoxy) is 1. The summed E-state index contributed by atoms with van der Waals surface area (Å²) in [7, 11) is 1.76. The van der Waals surface area contributed by atoms with E-state index in [4.69, 9.17) is 4.74 Å². The van der Waals surface area contributed by atoms with Crippen LogP contribution >= 0.6 is 15.9 Å². The van der Waals surface area contributed by atoms with E-state index in [1.54, 1.807) is 17.8 Å². The Morgan fingerprint density at radius 3 is 2.62 bits per heavy atom. The molecular formula is C19H26BrN3O3. The number of hydrogen-bond donors (Lipinski definition) is 1. The van der Waals surface area contributed by atoms with Crippen LogP contribution in [0, 0.1) is 24.2 Å². The van der Waals surface area contributed by atoms with Crippen LogP contribution in [0.5, 0.6) is 0 Å². The Balaban J connectivity index is 1.30. The number of aromatic nitrogens is 2. The highest BCUT2D eigenvalue weighted by molar-refractivity contribution is 9.10. The van der Waals surface area contributed by atoms with Crippen molar-refractivity contribution in [1.29, 1.82) is 0 Å². The van der Waals surface area contributed by atoms with E-state index in [1.165, 1.54) is 19.3 Å². The van der Waals surface area contributed by atoms with Crippen molar-refractivity contribution in [3.63, 3.8) is 0 Å². The number of alkyl halides is 1. The molecule has 0 aromatic carbocycles. The second-order valence-electron chi connectivity index (χ2n) is 8.79. The average molecular weight is 424 g/mol. The van der Waals surface area contributed by atoms with Crippen LogP contribution in [-0.4, -0.2) is 32.6 Å². The Morgan fingerprint density at radius 1 is 1.35 bits per heavy atom. The molecule has 142 valence electrons. The van der Waals surface area contributed by atoms with Gasteiger partial charge in [0, 0.05) is 17.4 Å². The van der Waals surface area contributed by atoms with Gasteiger partial charge in [-0.2, -0.15) is 5.10 Å². The maximum absolute atomic E-state index is 12.4. The lowest BCUT2D eigenvalue weighted by Crippen LogP contribution is -2.53. The highest BCUT2D eigenvalue weighted by Crippen LogP contribution is 2.65. The minimum absolute atomic E-state index is 0.0697. The fourth-order valence-corrected chi connectivity index (χ4v) is 7.46. The lowest BCUT2D eigenvalue weighted by Gasteiger charge is -2.60. The van der Waals surface area contributed by atoms with Crippen LogP contribution in [0.4, 0.5) is 5.82 Å². The second kappa shape index (κ2) is 6.36. The maximum atomic E-state index is 12.4. The first-order valence-electron chi connectivity index (χ1n) is 9.39. The zero-order valence-corrected chi connectivity index (χ0v) is 17.0. The molecule has 0 spiro atoms. The van der Waals surface area contributed by atoms with Gasteiger partial charge in [-0.25, -0.2) is 0 Å². The first-order valence-corrected chi connectivity index (χ1v) is 10.2. The zero-order chi connectivity index (χ0) is 18.5. The first-order chi connectivity index (χ1) is 12.2. The molecule has 4 fully saturated rings. The van der Waals surface area contributed by atoms with E-state index in [2.05, 4.69) is 26.3 Å². The van der Waals surface area contributed by atoms with Crippen molar-refractivity contribution in [3.8, 4) is 0 Å². The third-order valence-corrected chi connectivity index (χ3v) is 7.19. The molecule has 6 nitrogen and oxygen atoms in total. The zero-order valence-electron chi connectivity index (χ0n) is 15.4. The van der Waals surface area contributed by atoms with Crippen molar-refractivity contribution in [1.82, 2.24) is 9.78 Å². The van der Waals surface area contributed by atoms with Gasteiger partial charge in [-0.15, -0.1) is 0 Å². The smallest absolute Gasteiger partial charge is 0.306 e. The Morgan fingerprint density at radius 2 is 2.04 bits per heavy atom. The molecule has 4 bridgehead atoms. The number of halogens is 1. The number of carbonyl (C=O) groups is 2. The fourth-order valence-electron chi connectivity index (χ4n) is 5.95. The number of hydrogen-bond acceptors (Lipinski definition) is 4. The first kappa shape index (κ1) is 18.0. The van der Waals surface area contributed by atoms with Crippen LogP contribution in [-0.2, 0) is 21.4 Å². The number of nitrogens with one attached hydrogen (secondary N) is 1. The quantitative estimate of drug-likeness (QED) is 0.582. The molecule has 4 aliphatic rings. The number of amides is 1. The van der Waals surface area contributed by atoms with Gasteiger partial charge in [0.15, 0.2) is 6.61 Å². The van der Waals surface area contributed by atoms with Gasteiger partial charge in [0.1, 0.15) is 5.82 Å². The predicted molar refractivity (Wildman–Crippen MR) is 101 cm³/mol. The summed E-state index contributed by atoms with van der Waals surface area (Å²) in [5, 5.41) is 6.91. The van der Waals surface area contributed by atoms with E-state index in [0.29, 0.717) is 12.2 Å². The third kappa shape index (κ3) is 3.55. The summed E-state index contributed by atoms with van der Waals surface area (Å²) in [4.78, 5) is 24.5. The lowest BCUT2D eigenvalue weighted by atomic mass is 9.49. The summed E-state index contributed by atoms with van der Waals surface area (Å²) >= 11 is 3.97. The van der Waals surface area contributed by atoms with Gasteiger partial charge in [-0.3, -0.25) is 14.3 Å². The lowest BCUT2D eigenvalue weighted by molar-refractivity contribution is -0.153. The summed E-state index contributed by atoms with van der Waals surface area (Å²) in [6, 6.07) is 1.78. The van der Waals surface area contributed by atoms with Crippen LogP contribution in [0.25, 0.3) is 0 Å². The summed E-state index contributed by atoms with van der Waals surface area (Å²) in [6.45, 7) is 1.61. The molecule has 1 aromatic heterocycles. The molecule has 0 saturated heterocycles. The van der Waals surface area contributed by atoms with Crippen molar-refractivity contribution >= 4 is 33.6 Å². The van der Waals surface area contributed by atoms with Crippen molar-refractivity contribution in [2.24, 2.45) is 24.3 Å². The molecule has 4 saturated carbocycles. The van der Waals surface area contributed by atoms with E-state index < -0.39 is 0 Å². The molecule has 1 aromatic rings. The molecule has 1 heterocycles. The van der Waals surface area contributed by atoms with E-state index in [1.807, 2.05) is 6.92 Å². The van der Waals surface area contributed by atoms with Crippen LogP contribution in [0.1, 0.15) is 50.6 Å². The number of nitrogens with zero attached hydrogens (tertiary/aromatic N) is 2. The molecule has 4 aliphatic carbocycles. The van der Waals surface area contributed by atoms with Gasteiger partial charge >= 0.3 is 5.97 Å². The van der Waals surface area contributed by atoms with Gasteiger partial charge < -0.3 is 10.1 Å². The molecular weight excluding hydrogens is 398 g/mol. The molecule has 7 heteroatoms. The van der Waals surface area contributed by atoms with Crippen molar-refractivity contribution in [2.45, 2.75) is 56.2 Å². The minimum Gasteiger partial charge on any atom is -0.456 e. The third-order valence-electron chi connectivity index (χ3n) is 6.26. The largest absolute Gasteiger partial charge is 0.456 e. The van der Waals surface area contributed by atoms with Gasteiger partial charge in [-0.05, 0) is 62.7 Å². The van der Waals surface area contributed by atoms with E-state index >= 15 is 0 Å². The Bertz CT molecular complexity index is 730. The number of carbonyl (C=O) groups excluding carboxylic acids is 2. The highest BCUT2D eigenvalue weighted by atomic mass is 79.9. The van der Waals surface area contributed by atoms with Crippen LogP contribution in [0.3, 0.4) is 0 Å². The molecule has 0 aliphatic heterocycles. The Labute approximate surface area is 162 Å². The van der Waals surface area contributed by atoms with E-state index in [-0.39, 0.29) is 28.2 Å². The van der Waals surface area contributed by atoms with E-state index in [0.717, 1.165) is 36.8 Å². The van der Waals surface area contributed by atoms with Gasteiger partial charge in [0.25, 0.3) is 5.91 Å². The predicted octanol–water partition coefficient (Wildman–Crippen LogP) is 3.33. The Hall–Kier alpha value is -1.37. The van der Waals surface area contributed by atoms with Crippen molar-refractivity contribution in [2.75, 3.05) is 11.9 Å². The van der Waals surface area contributed by atoms with Gasteiger partial charge in [0.05, 0.1) is 12.1 Å². The number of esters is 1. The molecule has 0 radical (unpaired) electrons. The van der Waals surface area contributed by atoms with Crippen molar-refractivity contribution in [3.05, 3.63) is 11.8 Å². The normalized spacial score (nSPS) is 34.7. The number of anilines is 1. The van der Waals surface area contributed by atoms with Crippen LogP contribution in [0.2, 0.25) is 0 Å². The second-order valence-corrected chi connectivity index (χ2v) is 10.5. The summed E-state index contributed by atoms with van der Waals surface area (Å²) in [5.74, 6) is 1.49. The summed E-state index contributed by atoms with van der Waals surface area (Å²) < 4.78 is 7.12.